The van der Waals surface area contributed by atoms with Gasteiger partial charge in [-0.05, 0) is 0 Å². The van der Waals surface area contributed by atoms with E-state index in [0.717, 1.165) is 0 Å². The molecule has 0 aliphatic heterocycles. The van der Waals surface area contributed by atoms with E-state index in [1.165, 1.54) is 0 Å². The molecule has 1 heterocycles. The molecule has 0 aliphatic carbocycles. The zero-order valence-corrected chi connectivity index (χ0v) is 7.56. The van der Waals surface area contributed by atoms with E-state index in [1.54, 1.807) is 6.92 Å². The smallest absolute Gasteiger partial charge is 0.390 e. The highest BCUT2D eigenvalue weighted by atomic mass is 19.4. The predicted octanol–water partition coefficient (Wildman–Crippen LogP) is 1.42. The average Bonchev–Trinajstić information content (AvgIpc) is 2.44. The molecule has 1 rings (SSSR count). The first-order valence-electron chi connectivity index (χ1n) is 4.04. The van der Waals surface area contributed by atoms with Gasteiger partial charge in [0.25, 0.3) is 0 Å². The maximum absolute atomic E-state index is 11.7. The van der Waals surface area contributed by atoms with Crippen molar-refractivity contribution < 1.29 is 17.6 Å². The first kappa shape index (κ1) is 11.0. The first-order chi connectivity index (χ1) is 6.47. The van der Waals surface area contributed by atoms with Gasteiger partial charge in [-0.25, -0.2) is 0 Å². The minimum atomic E-state index is -4.13. The summed E-state index contributed by atoms with van der Waals surface area (Å²) < 4.78 is 40.0. The molecule has 0 amide bonds. The summed E-state index contributed by atoms with van der Waals surface area (Å²) in [5, 5.41) is 9.71. The zero-order valence-electron chi connectivity index (χ0n) is 7.56. The van der Waals surface area contributed by atoms with Crippen LogP contribution in [0.3, 0.4) is 0 Å². The van der Waals surface area contributed by atoms with E-state index in [2.05, 4.69) is 15.5 Å². The van der Waals surface area contributed by atoms with Crippen molar-refractivity contribution >= 4 is 0 Å². The van der Waals surface area contributed by atoms with Crippen LogP contribution in [-0.2, 0) is 6.54 Å². The van der Waals surface area contributed by atoms with Gasteiger partial charge in [0, 0.05) is 13.5 Å². The van der Waals surface area contributed by atoms with Crippen molar-refractivity contribution in [2.24, 2.45) is 0 Å². The molecule has 0 radical (unpaired) electrons. The van der Waals surface area contributed by atoms with E-state index in [-0.39, 0.29) is 13.1 Å². The summed E-state index contributed by atoms with van der Waals surface area (Å²) in [4.78, 5) is 0. The molecular weight excluding hydrogens is 199 g/mol. The Balaban J connectivity index is 2.16. The van der Waals surface area contributed by atoms with Crippen molar-refractivity contribution in [3.63, 3.8) is 0 Å². The second-order valence-corrected chi connectivity index (χ2v) is 2.76. The van der Waals surface area contributed by atoms with Crippen LogP contribution in [0, 0.1) is 6.92 Å². The van der Waals surface area contributed by atoms with Gasteiger partial charge in [0.05, 0.1) is 13.0 Å². The molecule has 0 unspecified atom stereocenters. The summed E-state index contributed by atoms with van der Waals surface area (Å²) in [6.07, 6.45) is -4.99. The van der Waals surface area contributed by atoms with Crippen molar-refractivity contribution in [1.29, 1.82) is 0 Å². The van der Waals surface area contributed by atoms with Crippen molar-refractivity contribution in [3.05, 3.63) is 11.8 Å². The van der Waals surface area contributed by atoms with Crippen LogP contribution in [0.2, 0.25) is 0 Å². The SMILES string of the molecule is Cc1nnc(CNCCC(F)(F)F)o1. The highest BCUT2D eigenvalue weighted by Crippen LogP contribution is 2.18. The van der Waals surface area contributed by atoms with Crippen LogP contribution in [-0.4, -0.2) is 22.9 Å². The van der Waals surface area contributed by atoms with E-state index >= 15 is 0 Å². The second kappa shape index (κ2) is 4.41. The van der Waals surface area contributed by atoms with Crippen LogP contribution in [0.15, 0.2) is 4.42 Å². The molecular formula is C7H10F3N3O. The third kappa shape index (κ3) is 4.22. The lowest BCUT2D eigenvalue weighted by molar-refractivity contribution is -0.133. The molecule has 0 saturated heterocycles. The largest absolute Gasteiger partial charge is 0.424 e. The van der Waals surface area contributed by atoms with E-state index in [4.69, 9.17) is 4.42 Å². The van der Waals surface area contributed by atoms with E-state index in [1.807, 2.05) is 0 Å². The summed E-state index contributed by atoms with van der Waals surface area (Å²) in [7, 11) is 0. The zero-order chi connectivity index (χ0) is 10.6. The number of alkyl halides is 3. The van der Waals surface area contributed by atoms with Gasteiger partial charge >= 0.3 is 6.18 Å². The average molecular weight is 209 g/mol. The molecule has 0 aromatic carbocycles. The van der Waals surface area contributed by atoms with Gasteiger partial charge in [-0.2, -0.15) is 13.2 Å². The second-order valence-electron chi connectivity index (χ2n) is 2.76. The number of rotatable bonds is 4. The van der Waals surface area contributed by atoms with Gasteiger partial charge in [-0.15, -0.1) is 10.2 Å². The summed E-state index contributed by atoms with van der Waals surface area (Å²) >= 11 is 0. The molecule has 1 N–H and O–H groups in total. The topological polar surface area (TPSA) is 51.0 Å². The number of nitrogens with zero attached hydrogens (tertiary/aromatic N) is 2. The third-order valence-corrected chi connectivity index (χ3v) is 1.43. The van der Waals surface area contributed by atoms with Gasteiger partial charge in [-0.1, -0.05) is 0 Å². The fraction of sp³-hybridized carbons (Fsp3) is 0.714. The normalized spacial score (nSPS) is 12.0. The Morgan fingerprint density at radius 3 is 2.57 bits per heavy atom. The monoisotopic (exact) mass is 209 g/mol. The summed E-state index contributed by atoms with van der Waals surface area (Å²) in [5.74, 6) is 0.697. The van der Waals surface area contributed by atoms with Crippen LogP contribution in [0.1, 0.15) is 18.2 Å². The summed E-state index contributed by atoms with van der Waals surface area (Å²) in [5.41, 5.74) is 0. The Kier molecular flexibility index (Phi) is 3.45. The lowest BCUT2D eigenvalue weighted by Crippen LogP contribution is -2.21. The summed E-state index contributed by atoms with van der Waals surface area (Å²) in [6, 6.07) is 0. The van der Waals surface area contributed by atoms with E-state index in [0.29, 0.717) is 11.8 Å². The fourth-order valence-corrected chi connectivity index (χ4v) is 0.834. The van der Waals surface area contributed by atoms with Crippen molar-refractivity contribution in [3.8, 4) is 0 Å². The molecule has 7 heteroatoms. The van der Waals surface area contributed by atoms with Crippen LogP contribution in [0.4, 0.5) is 13.2 Å². The molecule has 80 valence electrons. The molecule has 14 heavy (non-hydrogen) atoms. The van der Waals surface area contributed by atoms with Crippen LogP contribution >= 0.6 is 0 Å². The number of aromatic nitrogens is 2. The van der Waals surface area contributed by atoms with E-state index in [9.17, 15) is 13.2 Å². The molecule has 0 fully saturated rings. The van der Waals surface area contributed by atoms with Gasteiger partial charge in [0.2, 0.25) is 11.8 Å². The third-order valence-electron chi connectivity index (χ3n) is 1.43. The molecule has 0 spiro atoms. The fourth-order valence-electron chi connectivity index (χ4n) is 0.834. The van der Waals surface area contributed by atoms with Gasteiger partial charge < -0.3 is 9.73 Å². The Hall–Kier alpha value is -1.11. The Labute approximate surface area is 78.5 Å². The molecule has 0 atom stereocenters. The highest BCUT2D eigenvalue weighted by Gasteiger charge is 2.25. The number of aryl methyl sites for hydroxylation is 1. The van der Waals surface area contributed by atoms with Crippen LogP contribution in [0.25, 0.3) is 0 Å². The number of halogens is 3. The molecule has 1 aromatic rings. The molecule has 4 nitrogen and oxygen atoms in total. The Bertz CT molecular complexity index is 284. The minimum Gasteiger partial charge on any atom is -0.424 e. The lowest BCUT2D eigenvalue weighted by atomic mass is 10.4. The van der Waals surface area contributed by atoms with Gasteiger partial charge in [0.1, 0.15) is 0 Å². The standard InChI is InChI=1S/C7H10F3N3O/c1-5-12-13-6(14-5)4-11-3-2-7(8,9)10/h11H,2-4H2,1H3. The lowest BCUT2D eigenvalue weighted by Gasteiger charge is -2.05. The van der Waals surface area contributed by atoms with Crippen molar-refractivity contribution in [2.45, 2.75) is 26.1 Å². The molecule has 1 aromatic heterocycles. The highest BCUT2D eigenvalue weighted by molar-refractivity contribution is 4.77. The number of hydrogen-bond donors (Lipinski definition) is 1. The number of hydrogen-bond acceptors (Lipinski definition) is 4. The maximum atomic E-state index is 11.7. The van der Waals surface area contributed by atoms with Crippen LogP contribution < -0.4 is 5.32 Å². The van der Waals surface area contributed by atoms with Crippen LogP contribution in [0.5, 0.6) is 0 Å². The minimum absolute atomic E-state index is 0.148. The van der Waals surface area contributed by atoms with Crippen molar-refractivity contribution in [2.75, 3.05) is 6.54 Å². The quantitative estimate of drug-likeness (QED) is 0.762. The Morgan fingerprint density at radius 1 is 1.36 bits per heavy atom. The maximum Gasteiger partial charge on any atom is 0.390 e. The predicted molar refractivity (Wildman–Crippen MR) is 41.4 cm³/mol. The molecule has 0 saturated carbocycles. The van der Waals surface area contributed by atoms with Gasteiger partial charge in [0.15, 0.2) is 0 Å². The number of nitrogens with one attached hydrogen (secondary N) is 1. The summed E-state index contributed by atoms with van der Waals surface area (Å²) in [6.45, 7) is 1.63. The van der Waals surface area contributed by atoms with Gasteiger partial charge in [-0.3, -0.25) is 0 Å². The molecule has 0 aliphatic rings. The van der Waals surface area contributed by atoms with E-state index < -0.39 is 12.6 Å². The molecule has 0 bridgehead atoms. The Morgan fingerprint density at radius 2 is 2.07 bits per heavy atom. The first-order valence-corrected chi connectivity index (χ1v) is 4.04. The van der Waals surface area contributed by atoms with Crippen molar-refractivity contribution in [1.82, 2.24) is 15.5 Å².